The monoisotopic (exact) mass is 346 g/mol. The van der Waals surface area contributed by atoms with Crippen LogP contribution < -0.4 is 10.6 Å². The third-order valence-corrected chi connectivity index (χ3v) is 10.4. The van der Waals surface area contributed by atoms with Crippen LogP contribution in [0.1, 0.15) is 25.7 Å². The van der Waals surface area contributed by atoms with E-state index in [0.717, 1.165) is 36.3 Å². The number of benzene rings is 2. The summed E-state index contributed by atoms with van der Waals surface area (Å²) in [7, 11) is -2.94. The summed E-state index contributed by atoms with van der Waals surface area (Å²) >= 11 is 1.55. The fourth-order valence-electron chi connectivity index (χ4n) is 3.66. The van der Waals surface area contributed by atoms with E-state index in [4.69, 9.17) is 0 Å². The summed E-state index contributed by atoms with van der Waals surface area (Å²) in [5.74, 6) is 0. The lowest BCUT2D eigenvalue weighted by molar-refractivity contribution is 0.0633. The van der Waals surface area contributed by atoms with Crippen LogP contribution in [-0.4, -0.2) is 22.0 Å². The van der Waals surface area contributed by atoms with Gasteiger partial charge < -0.3 is 9.67 Å². The smallest absolute Gasteiger partial charge is 0.158 e. The van der Waals surface area contributed by atoms with Crippen molar-refractivity contribution in [1.82, 2.24) is 0 Å². The number of rotatable bonds is 5. The van der Waals surface area contributed by atoms with Crippen LogP contribution in [0.5, 0.6) is 0 Å². The van der Waals surface area contributed by atoms with E-state index in [9.17, 15) is 9.67 Å². The first kappa shape index (κ1) is 16.8. The Morgan fingerprint density at radius 3 is 1.78 bits per heavy atom. The predicted molar refractivity (Wildman–Crippen MR) is 100 cm³/mol. The molecule has 0 radical (unpaired) electrons. The van der Waals surface area contributed by atoms with Gasteiger partial charge in [0.25, 0.3) is 0 Å². The van der Waals surface area contributed by atoms with Crippen LogP contribution in [0.4, 0.5) is 0 Å². The zero-order valence-electron chi connectivity index (χ0n) is 13.4. The largest absolute Gasteiger partial charge is 0.388 e. The third-order valence-electron chi connectivity index (χ3n) is 4.76. The molecular formula is C19H23O2PS. The average Bonchev–Trinajstić information content (AvgIpc) is 3.04. The Kier molecular flexibility index (Phi) is 5.01. The van der Waals surface area contributed by atoms with Gasteiger partial charge in [0.2, 0.25) is 0 Å². The van der Waals surface area contributed by atoms with Crippen LogP contribution in [0.25, 0.3) is 0 Å². The van der Waals surface area contributed by atoms with Gasteiger partial charge in [0.1, 0.15) is 0 Å². The van der Waals surface area contributed by atoms with E-state index in [1.165, 1.54) is 0 Å². The molecule has 4 heteroatoms. The second-order valence-corrected chi connectivity index (χ2v) is 10.4. The molecule has 2 nitrogen and oxygen atoms in total. The maximum atomic E-state index is 14.4. The predicted octanol–water partition coefficient (Wildman–Crippen LogP) is 3.99. The molecule has 3 rings (SSSR count). The summed E-state index contributed by atoms with van der Waals surface area (Å²) in [5, 5.41) is 12.9. The van der Waals surface area contributed by atoms with E-state index in [0.29, 0.717) is 0 Å². The minimum absolute atomic E-state index is 0.303. The average molecular weight is 346 g/mol. The number of hydrogen-bond acceptors (Lipinski definition) is 3. The van der Waals surface area contributed by atoms with Gasteiger partial charge in [-0.25, -0.2) is 0 Å². The first-order valence-corrected chi connectivity index (χ1v) is 11.1. The van der Waals surface area contributed by atoms with Gasteiger partial charge in [0, 0.05) is 10.6 Å². The quantitative estimate of drug-likeness (QED) is 0.832. The summed E-state index contributed by atoms with van der Waals surface area (Å²) in [6, 6.07) is 19.4. The molecule has 0 saturated heterocycles. The Bertz CT molecular complexity index is 638. The van der Waals surface area contributed by atoms with Crippen molar-refractivity contribution in [1.29, 1.82) is 0 Å². The van der Waals surface area contributed by atoms with Crippen LogP contribution in [0, 0.1) is 0 Å². The van der Waals surface area contributed by atoms with E-state index >= 15 is 0 Å². The zero-order valence-corrected chi connectivity index (χ0v) is 15.1. The SMILES string of the molecule is CSC(C1(O)CCCC1)P(=O)(c1ccccc1)c1ccccc1. The third kappa shape index (κ3) is 3.03. The first-order valence-electron chi connectivity index (χ1n) is 8.07. The van der Waals surface area contributed by atoms with Crippen LogP contribution >= 0.6 is 18.9 Å². The van der Waals surface area contributed by atoms with E-state index in [2.05, 4.69) is 0 Å². The van der Waals surface area contributed by atoms with Gasteiger partial charge in [0.15, 0.2) is 7.14 Å². The molecule has 0 bridgehead atoms. The van der Waals surface area contributed by atoms with Crippen molar-refractivity contribution in [3.8, 4) is 0 Å². The number of aliphatic hydroxyl groups is 1. The topological polar surface area (TPSA) is 37.3 Å². The molecule has 23 heavy (non-hydrogen) atoms. The van der Waals surface area contributed by atoms with E-state index in [-0.39, 0.29) is 4.99 Å². The van der Waals surface area contributed by atoms with Crippen LogP contribution in [0.15, 0.2) is 60.7 Å². The molecule has 2 aromatic rings. The van der Waals surface area contributed by atoms with Crippen molar-refractivity contribution >= 4 is 29.5 Å². The molecule has 0 aliphatic heterocycles. The van der Waals surface area contributed by atoms with Gasteiger partial charge in [-0.1, -0.05) is 73.5 Å². The summed E-state index contributed by atoms with van der Waals surface area (Å²) in [6.07, 6.45) is 5.47. The summed E-state index contributed by atoms with van der Waals surface area (Å²) in [4.78, 5) is -0.303. The fourth-order valence-corrected chi connectivity index (χ4v) is 9.26. The molecule has 2 aromatic carbocycles. The maximum Gasteiger partial charge on any atom is 0.158 e. The van der Waals surface area contributed by atoms with E-state index < -0.39 is 12.7 Å². The second-order valence-electron chi connectivity index (χ2n) is 6.23. The minimum atomic E-state index is -2.94. The molecule has 0 aromatic heterocycles. The number of hydrogen-bond donors (Lipinski definition) is 1. The Labute approximate surface area is 142 Å². The van der Waals surface area contributed by atoms with Crippen LogP contribution in [0.3, 0.4) is 0 Å². The van der Waals surface area contributed by atoms with Gasteiger partial charge >= 0.3 is 0 Å². The highest BCUT2D eigenvalue weighted by Crippen LogP contribution is 2.59. The Morgan fingerprint density at radius 1 is 0.957 bits per heavy atom. The van der Waals surface area contributed by atoms with Crippen molar-refractivity contribution in [3.63, 3.8) is 0 Å². The minimum Gasteiger partial charge on any atom is -0.388 e. The molecule has 1 unspecified atom stereocenters. The molecule has 1 aliphatic rings. The lowest BCUT2D eigenvalue weighted by Crippen LogP contribution is -2.41. The van der Waals surface area contributed by atoms with Gasteiger partial charge in [-0.3, -0.25) is 0 Å². The van der Waals surface area contributed by atoms with Crippen LogP contribution in [-0.2, 0) is 4.57 Å². The Hall–Kier alpha value is -1.02. The standard InChI is InChI=1S/C19H23O2PS/c1-23-18(19(20)14-8-9-15-19)22(21,16-10-4-2-5-11-16)17-12-6-3-7-13-17/h2-7,10-13,18,20H,8-9,14-15H2,1H3. The molecule has 0 spiro atoms. The summed E-state index contributed by atoms with van der Waals surface area (Å²) < 4.78 is 14.4. The molecule has 122 valence electrons. The lowest BCUT2D eigenvalue weighted by Gasteiger charge is -2.37. The summed E-state index contributed by atoms with van der Waals surface area (Å²) in [6.45, 7) is 0. The Balaban J connectivity index is 2.18. The van der Waals surface area contributed by atoms with Gasteiger partial charge in [0.05, 0.1) is 10.6 Å². The van der Waals surface area contributed by atoms with E-state index in [1.807, 2.05) is 66.9 Å². The van der Waals surface area contributed by atoms with E-state index in [1.54, 1.807) is 11.8 Å². The van der Waals surface area contributed by atoms with Gasteiger partial charge in [-0.05, 0) is 19.1 Å². The molecule has 0 heterocycles. The molecule has 1 saturated carbocycles. The fraction of sp³-hybridized carbons (Fsp3) is 0.368. The normalized spacial score (nSPS) is 18.7. The first-order chi connectivity index (χ1) is 11.1. The Morgan fingerprint density at radius 2 is 1.39 bits per heavy atom. The number of thioether (sulfide) groups is 1. The van der Waals surface area contributed by atoms with Crippen molar-refractivity contribution < 1.29 is 9.67 Å². The van der Waals surface area contributed by atoms with Crippen molar-refractivity contribution in [2.24, 2.45) is 0 Å². The maximum absolute atomic E-state index is 14.4. The van der Waals surface area contributed by atoms with Gasteiger partial charge in [-0.15, -0.1) is 0 Å². The highest BCUT2D eigenvalue weighted by molar-refractivity contribution is 8.08. The van der Waals surface area contributed by atoms with Crippen molar-refractivity contribution in [3.05, 3.63) is 60.7 Å². The summed E-state index contributed by atoms with van der Waals surface area (Å²) in [5.41, 5.74) is -0.847. The van der Waals surface area contributed by atoms with Crippen LogP contribution in [0.2, 0.25) is 0 Å². The van der Waals surface area contributed by atoms with Crippen molar-refractivity contribution in [2.75, 3.05) is 6.26 Å². The zero-order chi connectivity index (χ0) is 16.3. The van der Waals surface area contributed by atoms with Crippen molar-refractivity contribution in [2.45, 2.75) is 36.3 Å². The molecular weight excluding hydrogens is 323 g/mol. The second kappa shape index (κ2) is 6.84. The molecule has 1 atom stereocenters. The molecule has 1 N–H and O–H groups in total. The highest BCUT2D eigenvalue weighted by Gasteiger charge is 2.50. The lowest BCUT2D eigenvalue weighted by atomic mass is 10.1. The molecule has 0 amide bonds. The molecule has 1 fully saturated rings. The molecule has 1 aliphatic carbocycles. The van der Waals surface area contributed by atoms with Gasteiger partial charge in [-0.2, -0.15) is 11.8 Å². The highest BCUT2D eigenvalue weighted by atomic mass is 32.2.